The Kier molecular flexibility index (Phi) is 5.41. The Balaban J connectivity index is 2.16. The number of nitrogens with zero attached hydrogens (tertiary/aromatic N) is 2. The maximum absolute atomic E-state index is 4.43. The highest BCUT2D eigenvalue weighted by Gasteiger charge is 2.15. The summed E-state index contributed by atoms with van der Waals surface area (Å²) in [4.78, 5) is 0. The normalized spacial score (nSPS) is 12.8. The van der Waals surface area contributed by atoms with Gasteiger partial charge in [-0.2, -0.15) is 5.10 Å². The molecule has 5 heteroatoms. The summed E-state index contributed by atoms with van der Waals surface area (Å²) in [6.07, 6.45) is 2.15. The van der Waals surface area contributed by atoms with Crippen LogP contribution in [0.4, 0.5) is 0 Å². The molecule has 0 bridgehead atoms. The summed E-state index contributed by atoms with van der Waals surface area (Å²) in [5.41, 5.74) is 3.76. The highest BCUT2D eigenvalue weighted by atomic mass is 127. The monoisotopic (exact) mass is 389 g/mol. The first-order valence-corrected chi connectivity index (χ1v) is 8.52. The number of aryl methyl sites for hydroxylation is 2. The van der Waals surface area contributed by atoms with Crippen molar-refractivity contribution in [2.45, 2.75) is 32.7 Å². The SMILES string of the molecule is CCCNC(Cc1cc(C)nn1C)c1csc(I)c1. The Morgan fingerprint density at radius 2 is 2.26 bits per heavy atom. The molecule has 0 radical (unpaired) electrons. The molecule has 0 saturated carbocycles. The molecule has 0 aliphatic rings. The summed E-state index contributed by atoms with van der Waals surface area (Å²) in [6.45, 7) is 5.30. The summed E-state index contributed by atoms with van der Waals surface area (Å²) in [5.74, 6) is 0. The van der Waals surface area contributed by atoms with Gasteiger partial charge in [-0.05, 0) is 65.6 Å². The summed E-state index contributed by atoms with van der Waals surface area (Å²) >= 11 is 4.20. The lowest BCUT2D eigenvalue weighted by molar-refractivity contribution is 0.513. The molecule has 19 heavy (non-hydrogen) atoms. The standard InChI is InChI=1S/C14H20IN3S/c1-4-5-16-13(11-7-14(15)19-9-11)8-12-6-10(2)17-18(12)3/h6-7,9,13,16H,4-5,8H2,1-3H3. The molecule has 0 amide bonds. The zero-order chi connectivity index (χ0) is 13.8. The van der Waals surface area contributed by atoms with Crippen LogP contribution in [0.5, 0.6) is 0 Å². The third kappa shape index (κ3) is 4.03. The van der Waals surface area contributed by atoms with Gasteiger partial charge in [0, 0.05) is 25.2 Å². The van der Waals surface area contributed by atoms with Crippen molar-refractivity contribution in [2.24, 2.45) is 7.05 Å². The van der Waals surface area contributed by atoms with Crippen molar-refractivity contribution >= 4 is 33.9 Å². The highest BCUT2D eigenvalue weighted by Crippen LogP contribution is 2.25. The lowest BCUT2D eigenvalue weighted by Gasteiger charge is -2.17. The second kappa shape index (κ2) is 6.85. The third-order valence-electron chi connectivity index (χ3n) is 3.14. The van der Waals surface area contributed by atoms with Crippen molar-refractivity contribution in [3.8, 4) is 0 Å². The third-order valence-corrected chi connectivity index (χ3v) is 4.95. The summed E-state index contributed by atoms with van der Waals surface area (Å²) < 4.78 is 3.34. The number of rotatable bonds is 6. The maximum Gasteiger partial charge on any atom is 0.0656 e. The van der Waals surface area contributed by atoms with E-state index in [4.69, 9.17) is 0 Å². The van der Waals surface area contributed by atoms with Crippen LogP contribution in [-0.2, 0) is 13.5 Å². The van der Waals surface area contributed by atoms with E-state index in [1.54, 1.807) is 0 Å². The van der Waals surface area contributed by atoms with E-state index in [1.165, 1.54) is 14.1 Å². The van der Waals surface area contributed by atoms with Gasteiger partial charge in [-0.1, -0.05) is 6.92 Å². The Morgan fingerprint density at radius 1 is 1.47 bits per heavy atom. The minimum Gasteiger partial charge on any atom is -0.310 e. The summed E-state index contributed by atoms with van der Waals surface area (Å²) in [7, 11) is 2.02. The van der Waals surface area contributed by atoms with Crippen molar-refractivity contribution in [1.29, 1.82) is 0 Å². The molecule has 2 aromatic heterocycles. The van der Waals surface area contributed by atoms with Crippen molar-refractivity contribution in [2.75, 3.05) is 6.54 Å². The maximum atomic E-state index is 4.43. The van der Waals surface area contributed by atoms with Gasteiger partial charge in [-0.3, -0.25) is 4.68 Å². The molecule has 2 heterocycles. The second-order valence-corrected chi connectivity index (χ2v) is 7.60. The zero-order valence-electron chi connectivity index (χ0n) is 11.6. The number of thiophene rings is 1. The van der Waals surface area contributed by atoms with E-state index in [0.29, 0.717) is 6.04 Å². The van der Waals surface area contributed by atoms with Crippen LogP contribution in [0.2, 0.25) is 0 Å². The molecule has 1 N–H and O–H groups in total. The first kappa shape index (κ1) is 15.0. The van der Waals surface area contributed by atoms with E-state index in [-0.39, 0.29) is 0 Å². The van der Waals surface area contributed by atoms with Gasteiger partial charge in [0.05, 0.1) is 8.58 Å². The Labute approximate surface area is 132 Å². The van der Waals surface area contributed by atoms with Gasteiger partial charge >= 0.3 is 0 Å². The second-order valence-electron chi connectivity index (χ2n) is 4.80. The quantitative estimate of drug-likeness (QED) is 0.764. The van der Waals surface area contributed by atoms with Crippen molar-refractivity contribution in [1.82, 2.24) is 15.1 Å². The first-order valence-electron chi connectivity index (χ1n) is 6.57. The van der Waals surface area contributed by atoms with Crippen LogP contribution >= 0.6 is 33.9 Å². The van der Waals surface area contributed by atoms with Gasteiger partial charge < -0.3 is 5.32 Å². The molecule has 3 nitrogen and oxygen atoms in total. The van der Waals surface area contributed by atoms with Crippen molar-refractivity contribution < 1.29 is 0 Å². The van der Waals surface area contributed by atoms with E-state index in [1.807, 2.05) is 30.0 Å². The average Bonchev–Trinajstić information content (AvgIpc) is 2.91. The molecule has 0 saturated heterocycles. The van der Waals surface area contributed by atoms with Gasteiger partial charge in [-0.25, -0.2) is 0 Å². The van der Waals surface area contributed by atoms with Gasteiger partial charge in [0.2, 0.25) is 0 Å². The van der Waals surface area contributed by atoms with Gasteiger partial charge in [0.15, 0.2) is 0 Å². The molecule has 0 aliphatic heterocycles. The molecule has 2 aromatic rings. The largest absolute Gasteiger partial charge is 0.310 e. The molecule has 0 aromatic carbocycles. The van der Waals surface area contributed by atoms with E-state index < -0.39 is 0 Å². The van der Waals surface area contributed by atoms with E-state index in [9.17, 15) is 0 Å². The molecule has 104 valence electrons. The number of halogens is 1. The van der Waals surface area contributed by atoms with Crippen LogP contribution in [0, 0.1) is 9.81 Å². The van der Waals surface area contributed by atoms with Crippen LogP contribution in [0.15, 0.2) is 17.5 Å². The lowest BCUT2D eigenvalue weighted by atomic mass is 10.0. The number of hydrogen-bond acceptors (Lipinski definition) is 3. The fourth-order valence-electron chi connectivity index (χ4n) is 2.20. The van der Waals surface area contributed by atoms with Crippen molar-refractivity contribution in [3.63, 3.8) is 0 Å². The minimum atomic E-state index is 0.384. The predicted molar refractivity (Wildman–Crippen MR) is 89.7 cm³/mol. The smallest absolute Gasteiger partial charge is 0.0656 e. The molecule has 0 fully saturated rings. The molecule has 1 atom stereocenters. The Morgan fingerprint density at radius 3 is 2.79 bits per heavy atom. The van der Waals surface area contributed by atoms with Gasteiger partial charge in [-0.15, -0.1) is 11.3 Å². The molecule has 0 aliphatic carbocycles. The van der Waals surface area contributed by atoms with Crippen LogP contribution in [0.3, 0.4) is 0 Å². The molecule has 2 rings (SSSR count). The minimum absolute atomic E-state index is 0.384. The number of aromatic nitrogens is 2. The first-order chi connectivity index (χ1) is 9.10. The molecular formula is C14H20IN3S. The van der Waals surface area contributed by atoms with E-state index in [0.717, 1.165) is 25.1 Å². The molecule has 1 unspecified atom stereocenters. The zero-order valence-corrected chi connectivity index (χ0v) is 14.6. The molecular weight excluding hydrogens is 369 g/mol. The lowest BCUT2D eigenvalue weighted by Crippen LogP contribution is -2.24. The Hall–Kier alpha value is -0.400. The topological polar surface area (TPSA) is 29.9 Å². The fraction of sp³-hybridized carbons (Fsp3) is 0.500. The van der Waals surface area contributed by atoms with Crippen LogP contribution in [0.1, 0.15) is 36.3 Å². The molecule has 0 spiro atoms. The van der Waals surface area contributed by atoms with Crippen LogP contribution in [-0.4, -0.2) is 16.3 Å². The highest BCUT2D eigenvalue weighted by molar-refractivity contribution is 14.1. The van der Waals surface area contributed by atoms with E-state index >= 15 is 0 Å². The van der Waals surface area contributed by atoms with Gasteiger partial charge in [0.25, 0.3) is 0 Å². The fourth-order valence-corrected chi connectivity index (χ4v) is 3.62. The van der Waals surface area contributed by atoms with E-state index in [2.05, 4.69) is 57.4 Å². The predicted octanol–water partition coefficient (Wildman–Crippen LogP) is 3.68. The van der Waals surface area contributed by atoms with Crippen molar-refractivity contribution in [3.05, 3.63) is 37.3 Å². The summed E-state index contributed by atoms with van der Waals surface area (Å²) in [5, 5.41) is 10.3. The number of nitrogens with one attached hydrogen (secondary N) is 1. The van der Waals surface area contributed by atoms with Crippen LogP contribution < -0.4 is 5.32 Å². The summed E-state index contributed by atoms with van der Waals surface area (Å²) in [6, 6.07) is 4.84. The number of hydrogen-bond donors (Lipinski definition) is 1. The van der Waals surface area contributed by atoms with Crippen LogP contribution in [0.25, 0.3) is 0 Å². The average molecular weight is 389 g/mol. The van der Waals surface area contributed by atoms with Gasteiger partial charge in [0.1, 0.15) is 0 Å². The Bertz CT molecular complexity index is 533.